The van der Waals surface area contributed by atoms with Crippen LogP contribution >= 0.6 is 27.5 Å². The Balaban J connectivity index is 2.37. The molecule has 0 aliphatic heterocycles. The Hall–Kier alpha value is -1.57. The van der Waals surface area contributed by atoms with Gasteiger partial charge in [0.2, 0.25) is 0 Å². The minimum atomic E-state index is 0.566. The maximum atomic E-state index is 8.91. The first-order chi connectivity index (χ1) is 8.58. The predicted octanol–water partition coefficient (Wildman–Crippen LogP) is 4.42. The van der Waals surface area contributed by atoms with Crippen molar-refractivity contribution in [3.05, 3.63) is 51.1 Å². The number of rotatable bonds is 2. The summed E-state index contributed by atoms with van der Waals surface area (Å²) in [5.41, 5.74) is 2.09. The van der Waals surface area contributed by atoms with Gasteiger partial charge in [0, 0.05) is 10.2 Å². The summed E-state index contributed by atoms with van der Waals surface area (Å²) in [5, 5.41) is 12.6. The largest absolute Gasteiger partial charge is 0.339 e. The lowest BCUT2D eigenvalue weighted by atomic mass is 10.2. The van der Waals surface area contributed by atoms with Gasteiger partial charge in [0.15, 0.2) is 0 Å². The highest BCUT2D eigenvalue weighted by atomic mass is 79.9. The van der Waals surface area contributed by atoms with Crippen molar-refractivity contribution in [2.75, 3.05) is 5.32 Å². The van der Waals surface area contributed by atoms with Crippen LogP contribution in [-0.4, -0.2) is 4.98 Å². The topological polar surface area (TPSA) is 48.7 Å². The number of nitrogens with zero attached hydrogens (tertiary/aromatic N) is 2. The van der Waals surface area contributed by atoms with E-state index in [9.17, 15) is 0 Å². The molecule has 0 unspecified atom stereocenters. The smallest absolute Gasteiger partial charge is 0.131 e. The van der Waals surface area contributed by atoms with Crippen LogP contribution < -0.4 is 5.32 Å². The zero-order valence-electron chi connectivity index (χ0n) is 9.54. The number of nitriles is 1. The SMILES string of the molecule is Cc1cc(C#N)cc(Nc2cc(Br)ccc2Cl)n1. The van der Waals surface area contributed by atoms with Crippen LogP contribution in [0.5, 0.6) is 0 Å². The highest BCUT2D eigenvalue weighted by Gasteiger charge is 2.04. The van der Waals surface area contributed by atoms with Gasteiger partial charge in [-0.2, -0.15) is 5.26 Å². The second-order valence-electron chi connectivity index (χ2n) is 3.74. The molecule has 0 atom stereocenters. The summed E-state index contributed by atoms with van der Waals surface area (Å²) in [6, 6.07) is 11.0. The number of hydrogen-bond donors (Lipinski definition) is 1. The maximum Gasteiger partial charge on any atom is 0.131 e. The average Bonchev–Trinajstić information content (AvgIpc) is 2.33. The van der Waals surface area contributed by atoms with Gasteiger partial charge in [-0.1, -0.05) is 27.5 Å². The van der Waals surface area contributed by atoms with E-state index < -0.39 is 0 Å². The second kappa shape index (κ2) is 5.38. The molecule has 2 rings (SSSR count). The van der Waals surface area contributed by atoms with Gasteiger partial charge in [-0.15, -0.1) is 0 Å². The summed E-state index contributed by atoms with van der Waals surface area (Å²) in [7, 11) is 0. The van der Waals surface area contributed by atoms with Gasteiger partial charge in [0.25, 0.3) is 0 Å². The molecule has 5 heteroatoms. The number of aromatic nitrogens is 1. The first-order valence-electron chi connectivity index (χ1n) is 5.19. The Kier molecular flexibility index (Phi) is 3.85. The lowest BCUT2D eigenvalue weighted by molar-refractivity contribution is 1.19. The molecule has 0 saturated carbocycles. The number of halogens is 2. The monoisotopic (exact) mass is 321 g/mol. The highest BCUT2D eigenvalue weighted by molar-refractivity contribution is 9.10. The third-order valence-corrected chi connectivity index (χ3v) is 3.10. The third-order valence-electron chi connectivity index (χ3n) is 2.27. The van der Waals surface area contributed by atoms with E-state index in [1.54, 1.807) is 18.2 Å². The molecule has 0 spiro atoms. The lowest BCUT2D eigenvalue weighted by Crippen LogP contribution is -1.96. The molecule has 0 aliphatic rings. The first-order valence-corrected chi connectivity index (χ1v) is 6.36. The molecule has 2 aromatic rings. The molecule has 3 nitrogen and oxygen atoms in total. The molecule has 0 fully saturated rings. The standard InChI is InChI=1S/C13H9BrClN3/c1-8-4-9(7-16)5-13(17-8)18-12-6-10(14)2-3-11(12)15/h2-6H,1H3,(H,17,18). The lowest BCUT2D eigenvalue weighted by Gasteiger charge is -2.09. The first kappa shape index (κ1) is 12.9. The third kappa shape index (κ3) is 3.00. The van der Waals surface area contributed by atoms with Gasteiger partial charge in [-0.05, 0) is 37.3 Å². The fourth-order valence-electron chi connectivity index (χ4n) is 1.53. The van der Waals surface area contributed by atoms with E-state index >= 15 is 0 Å². The molecule has 1 aromatic heterocycles. The Morgan fingerprint density at radius 3 is 2.83 bits per heavy atom. The van der Waals surface area contributed by atoms with Gasteiger partial charge in [-0.25, -0.2) is 4.98 Å². The van der Waals surface area contributed by atoms with E-state index in [0.717, 1.165) is 15.9 Å². The molecule has 0 aliphatic carbocycles. The van der Waals surface area contributed by atoms with Crippen LogP contribution in [0.15, 0.2) is 34.8 Å². The Morgan fingerprint density at radius 1 is 1.33 bits per heavy atom. The fraction of sp³-hybridized carbons (Fsp3) is 0.0769. The van der Waals surface area contributed by atoms with Gasteiger partial charge in [0.05, 0.1) is 22.3 Å². The Labute approximate surface area is 119 Å². The van der Waals surface area contributed by atoms with Gasteiger partial charge >= 0.3 is 0 Å². The van der Waals surface area contributed by atoms with Crippen molar-refractivity contribution in [1.29, 1.82) is 5.26 Å². The molecule has 0 radical (unpaired) electrons. The number of anilines is 2. The molecular formula is C13H9BrClN3. The van der Waals surface area contributed by atoms with E-state index in [2.05, 4.69) is 32.3 Å². The minimum Gasteiger partial charge on any atom is -0.339 e. The van der Waals surface area contributed by atoms with Crippen LogP contribution in [0, 0.1) is 18.3 Å². The number of aryl methyl sites for hydroxylation is 1. The van der Waals surface area contributed by atoms with Crippen molar-refractivity contribution in [2.24, 2.45) is 0 Å². The van der Waals surface area contributed by atoms with E-state index in [4.69, 9.17) is 16.9 Å². The van der Waals surface area contributed by atoms with Crippen LogP contribution in [0.25, 0.3) is 0 Å². The summed E-state index contributed by atoms with van der Waals surface area (Å²) in [5.74, 6) is 0.603. The van der Waals surface area contributed by atoms with Crippen molar-refractivity contribution >= 4 is 39.0 Å². The number of benzene rings is 1. The highest BCUT2D eigenvalue weighted by Crippen LogP contribution is 2.28. The molecule has 0 bridgehead atoms. The van der Waals surface area contributed by atoms with Crippen LogP contribution in [0.2, 0.25) is 5.02 Å². The molecule has 90 valence electrons. The van der Waals surface area contributed by atoms with E-state index in [0.29, 0.717) is 16.4 Å². The number of pyridine rings is 1. The van der Waals surface area contributed by atoms with Crippen molar-refractivity contribution in [3.8, 4) is 6.07 Å². The zero-order chi connectivity index (χ0) is 13.1. The van der Waals surface area contributed by atoms with Crippen molar-refractivity contribution in [1.82, 2.24) is 4.98 Å². The summed E-state index contributed by atoms with van der Waals surface area (Å²) in [6.45, 7) is 1.84. The van der Waals surface area contributed by atoms with E-state index in [1.165, 1.54) is 0 Å². The molecule has 0 saturated heterocycles. The van der Waals surface area contributed by atoms with Crippen molar-refractivity contribution in [2.45, 2.75) is 6.92 Å². The molecule has 18 heavy (non-hydrogen) atoms. The van der Waals surface area contributed by atoms with E-state index in [-0.39, 0.29) is 0 Å². The summed E-state index contributed by atoms with van der Waals surface area (Å²) >= 11 is 9.46. The zero-order valence-corrected chi connectivity index (χ0v) is 11.9. The summed E-state index contributed by atoms with van der Waals surface area (Å²) in [4.78, 5) is 4.31. The maximum absolute atomic E-state index is 8.91. The summed E-state index contributed by atoms with van der Waals surface area (Å²) in [6.07, 6.45) is 0. The number of hydrogen-bond acceptors (Lipinski definition) is 3. The molecule has 0 amide bonds. The molecule has 1 N–H and O–H groups in total. The van der Waals surface area contributed by atoms with Gasteiger partial charge in [-0.3, -0.25) is 0 Å². The van der Waals surface area contributed by atoms with Crippen LogP contribution in [0.4, 0.5) is 11.5 Å². The quantitative estimate of drug-likeness (QED) is 0.890. The molecule has 1 heterocycles. The fourth-order valence-corrected chi connectivity index (χ4v) is 2.05. The van der Waals surface area contributed by atoms with Gasteiger partial charge < -0.3 is 5.32 Å². The molecule has 1 aromatic carbocycles. The second-order valence-corrected chi connectivity index (χ2v) is 5.07. The Bertz CT molecular complexity index is 635. The normalized spacial score (nSPS) is 9.89. The summed E-state index contributed by atoms with van der Waals surface area (Å²) < 4.78 is 0.919. The van der Waals surface area contributed by atoms with Crippen LogP contribution in [0.1, 0.15) is 11.3 Å². The Morgan fingerprint density at radius 2 is 2.11 bits per heavy atom. The minimum absolute atomic E-state index is 0.566. The number of nitrogens with one attached hydrogen (secondary N) is 1. The van der Waals surface area contributed by atoms with E-state index in [1.807, 2.05) is 19.1 Å². The van der Waals surface area contributed by atoms with Gasteiger partial charge in [0.1, 0.15) is 5.82 Å². The molecular weight excluding hydrogens is 314 g/mol. The average molecular weight is 323 g/mol. The van der Waals surface area contributed by atoms with Crippen molar-refractivity contribution < 1.29 is 0 Å². The predicted molar refractivity (Wildman–Crippen MR) is 76.1 cm³/mol. The van der Waals surface area contributed by atoms with Crippen molar-refractivity contribution in [3.63, 3.8) is 0 Å². The van der Waals surface area contributed by atoms with Crippen LogP contribution in [-0.2, 0) is 0 Å². The van der Waals surface area contributed by atoms with Crippen LogP contribution in [0.3, 0.4) is 0 Å².